The van der Waals surface area contributed by atoms with E-state index in [1.54, 1.807) is 36.4 Å². The van der Waals surface area contributed by atoms with Gasteiger partial charge in [-0.15, -0.1) is 0 Å². The van der Waals surface area contributed by atoms with E-state index in [1.165, 1.54) is 6.07 Å². The molecule has 0 saturated carbocycles. The predicted molar refractivity (Wildman–Crippen MR) is 128 cm³/mol. The second-order valence-corrected chi connectivity index (χ2v) is 8.15. The van der Waals surface area contributed by atoms with Gasteiger partial charge in [0.25, 0.3) is 11.8 Å². The summed E-state index contributed by atoms with van der Waals surface area (Å²) in [6.45, 7) is 6.46. The first kappa shape index (κ1) is 23.2. The fourth-order valence-corrected chi connectivity index (χ4v) is 3.76. The number of halogens is 2. The number of hydrogen-bond donors (Lipinski definition) is 1. The summed E-state index contributed by atoms with van der Waals surface area (Å²) in [5.41, 5.74) is 2.25. The summed E-state index contributed by atoms with van der Waals surface area (Å²) in [7, 11) is 0. The molecular weight excluding hydrogens is 438 g/mol. The van der Waals surface area contributed by atoms with Crippen LogP contribution in [0.4, 0.5) is 20.2 Å². The molecule has 1 N–H and O–H groups in total. The van der Waals surface area contributed by atoms with Crippen molar-refractivity contribution >= 4 is 28.8 Å². The molecule has 0 fully saturated rings. The Labute approximate surface area is 196 Å². The number of nitrogens with one attached hydrogen (secondary N) is 1. The average molecular weight is 462 g/mol. The summed E-state index contributed by atoms with van der Waals surface area (Å²) < 4.78 is 32.7. The average Bonchev–Trinajstić information content (AvgIpc) is 3.06. The zero-order valence-electron chi connectivity index (χ0n) is 19.1. The highest BCUT2D eigenvalue weighted by Crippen LogP contribution is 2.35. The van der Waals surface area contributed by atoms with Crippen molar-refractivity contribution in [2.24, 2.45) is 0 Å². The van der Waals surface area contributed by atoms with Gasteiger partial charge in [0.05, 0.1) is 17.9 Å². The Morgan fingerprint density at radius 1 is 0.882 bits per heavy atom. The Hall–Kier alpha value is -4.00. The Bertz CT molecular complexity index is 1270. The highest BCUT2D eigenvalue weighted by Gasteiger charge is 2.40. The fourth-order valence-electron chi connectivity index (χ4n) is 3.76. The summed E-state index contributed by atoms with van der Waals surface area (Å²) in [5, 5.41) is 2.84. The predicted octanol–water partition coefficient (Wildman–Crippen LogP) is 5.88. The molecule has 0 spiro atoms. The van der Waals surface area contributed by atoms with Crippen LogP contribution in [0.15, 0.2) is 72.4 Å². The number of amides is 2. The normalized spacial score (nSPS) is 13.8. The van der Waals surface area contributed by atoms with Crippen LogP contribution >= 0.6 is 0 Å². The van der Waals surface area contributed by atoms with E-state index in [0.717, 1.165) is 22.6 Å². The first-order valence-corrected chi connectivity index (χ1v) is 11.0. The highest BCUT2D eigenvalue weighted by atomic mass is 19.2. The van der Waals surface area contributed by atoms with Crippen LogP contribution in [0.3, 0.4) is 0 Å². The Kier molecular flexibility index (Phi) is 6.45. The molecule has 0 aromatic heterocycles. The summed E-state index contributed by atoms with van der Waals surface area (Å²) >= 11 is 0. The summed E-state index contributed by atoms with van der Waals surface area (Å²) in [6.07, 6.45) is 0. The molecule has 2 amide bonds. The van der Waals surface area contributed by atoms with E-state index in [1.807, 2.05) is 19.1 Å². The molecule has 0 unspecified atom stereocenters. The highest BCUT2D eigenvalue weighted by molar-refractivity contribution is 6.46. The second kappa shape index (κ2) is 9.47. The monoisotopic (exact) mass is 462 g/mol. The van der Waals surface area contributed by atoms with Crippen LogP contribution in [-0.4, -0.2) is 18.4 Å². The number of benzene rings is 3. The third-order valence-corrected chi connectivity index (χ3v) is 5.54. The van der Waals surface area contributed by atoms with Gasteiger partial charge in [0, 0.05) is 11.8 Å². The van der Waals surface area contributed by atoms with E-state index >= 15 is 0 Å². The molecule has 7 heteroatoms. The first-order chi connectivity index (χ1) is 16.3. The van der Waals surface area contributed by atoms with Crippen molar-refractivity contribution in [2.45, 2.75) is 26.7 Å². The smallest absolute Gasteiger partial charge is 0.282 e. The molecule has 0 radical (unpaired) electrons. The maximum absolute atomic E-state index is 13.8. The van der Waals surface area contributed by atoms with Crippen molar-refractivity contribution in [3.05, 3.63) is 95.2 Å². The van der Waals surface area contributed by atoms with Crippen LogP contribution in [-0.2, 0) is 9.59 Å². The van der Waals surface area contributed by atoms with Gasteiger partial charge in [-0.1, -0.05) is 38.1 Å². The van der Waals surface area contributed by atoms with Crippen LogP contribution in [0.25, 0.3) is 5.57 Å². The molecule has 1 heterocycles. The summed E-state index contributed by atoms with van der Waals surface area (Å²) in [5.74, 6) is -2.26. The van der Waals surface area contributed by atoms with Crippen LogP contribution in [0.2, 0.25) is 0 Å². The van der Waals surface area contributed by atoms with E-state index in [2.05, 4.69) is 19.2 Å². The van der Waals surface area contributed by atoms with Gasteiger partial charge >= 0.3 is 0 Å². The van der Waals surface area contributed by atoms with Gasteiger partial charge in [-0.05, 0) is 60.4 Å². The van der Waals surface area contributed by atoms with Crippen molar-refractivity contribution in [3.8, 4) is 5.75 Å². The summed E-state index contributed by atoms with van der Waals surface area (Å²) in [4.78, 5) is 28.0. The molecule has 0 bridgehead atoms. The van der Waals surface area contributed by atoms with E-state index in [4.69, 9.17) is 4.74 Å². The zero-order valence-corrected chi connectivity index (χ0v) is 19.1. The molecule has 1 aliphatic rings. The van der Waals surface area contributed by atoms with Gasteiger partial charge in [0.2, 0.25) is 0 Å². The molecule has 34 heavy (non-hydrogen) atoms. The Balaban J connectivity index is 1.77. The van der Waals surface area contributed by atoms with E-state index in [-0.39, 0.29) is 17.0 Å². The third-order valence-electron chi connectivity index (χ3n) is 5.54. The van der Waals surface area contributed by atoms with Gasteiger partial charge in [-0.2, -0.15) is 0 Å². The Morgan fingerprint density at radius 3 is 2.15 bits per heavy atom. The van der Waals surface area contributed by atoms with Crippen LogP contribution in [0.5, 0.6) is 5.75 Å². The van der Waals surface area contributed by atoms with Gasteiger partial charge in [0.1, 0.15) is 11.4 Å². The molecule has 0 saturated heterocycles. The largest absolute Gasteiger partial charge is 0.494 e. The molecule has 174 valence electrons. The number of anilines is 2. The lowest BCUT2D eigenvalue weighted by Crippen LogP contribution is -2.32. The standard InChI is InChI=1S/C27H24F2N2O3/c1-4-34-21-12-7-18(8-13-21)24-25(30-19-9-14-22(28)23(29)15-19)27(33)31(26(24)32)20-10-5-17(6-11-20)16(2)3/h5-16,30H,4H2,1-3H3. The number of carbonyl (C=O) groups is 2. The minimum absolute atomic E-state index is 0.0203. The van der Waals surface area contributed by atoms with Crippen LogP contribution < -0.4 is 15.0 Å². The molecular formula is C27H24F2N2O3. The summed E-state index contributed by atoms with van der Waals surface area (Å²) in [6, 6.07) is 17.2. The van der Waals surface area contributed by atoms with Gasteiger partial charge < -0.3 is 10.1 Å². The SMILES string of the molecule is CCOc1ccc(C2=C(Nc3ccc(F)c(F)c3)C(=O)N(c3ccc(C(C)C)cc3)C2=O)cc1. The van der Waals surface area contributed by atoms with Crippen molar-refractivity contribution in [1.82, 2.24) is 0 Å². The number of nitrogens with zero attached hydrogens (tertiary/aromatic N) is 1. The number of ether oxygens (including phenoxy) is 1. The fraction of sp³-hybridized carbons (Fsp3) is 0.185. The maximum atomic E-state index is 13.8. The van der Waals surface area contributed by atoms with Crippen molar-refractivity contribution < 1.29 is 23.1 Å². The molecule has 5 nitrogen and oxygen atoms in total. The van der Waals surface area contributed by atoms with Crippen LogP contribution in [0.1, 0.15) is 37.8 Å². The second-order valence-electron chi connectivity index (χ2n) is 8.15. The van der Waals surface area contributed by atoms with Gasteiger partial charge in [-0.3, -0.25) is 9.59 Å². The van der Waals surface area contributed by atoms with Gasteiger partial charge in [-0.25, -0.2) is 13.7 Å². The first-order valence-electron chi connectivity index (χ1n) is 11.0. The molecule has 1 aliphatic heterocycles. The Morgan fingerprint density at radius 2 is 1.56 bits per heavy atom. The van der Waals surface area contributed by atoms with E-state index in [9.17, 15) is 18.4 Å². The number of carbonyl (C=O) groups excluding carboxylic acids is 2. The van der Waals surface area contributed by atoms with Crippen molar-refractivity contribution in [2.75, 3.05) is 16.8 Å². The van der Waals surface area contributed by atoms with Crippen LogP contribution in [0, 0.1) is 11.6 Å². The lowest BCUT2D eigenvalue weighted by Gasteiger charge is -2.16. The molecule has 3 aromatic carbocycles. The minimum Gasteiger partial charge on any atom is -0.494 e. The maximum Gasteiger partial charge on any atom is 0.282 e. The molecule has 0 atom stereocenters. The van der Waals surface area contributed by atoms with Gasteiger partial charge in [0.15, 0.2) is 11.6 Å². The molecule has 3 aromatic rings. The minimum atomic E-state index is -1.06. The lowest BCUT2D eigenvalue weighted by molar-refractivity contribution is -0.120. The number of imide groups is 1. The van der Waals surface area contributed by atoms with E-state index < -0.39 is 23.4 Å². The quantitative estimate of drug-likeness (QED) is 0.445. The lowest BCUT2D eigenvalue weighted by atomic mass is 10.0. The van der Waals surface area contributed by atoms with Crippen molar-refractivity contribution in [3.63, 3.8) is 0 Å². The number of hydrogen-bond acceptors (Lipinski definition) is 4. The zero-order chi connectivity index (χ0) is 24.4. The molecule has 4 rings (SSSR count). The van der Waals surface area contributed by atoms with E-state index in [0.29, 0.717) is 29.5 Å². The van der Waals surface area contributed by atoms with Crippen molar-refractivity contribution in [1.29, 1.82) is 0 Å². The third kappa shape index (κ3) is 4.41. The topological polar surface area (TPSA) is 58.6 Å². The number of rotatable bonds is 7. The molecule has 0 aliphatic carbocycles.